The van der Waals surface area contributed by atoms with Gasteiger partial charge in [0.25, 0.3) is 5.91 Å². The van der Waals surface area contributed by atoms with Gasteiger partial charge in [-0.05, 0) is 49.5 Å². The predicted molar refractivity (Wildman–Crippen MR) is 111 cm³/mol. The molecule has 0 saturated heterocycles. The molecule has 27 heavy (non-hydrogen) atoms. The van der Waals surface area contributed by atoms with Gasteiger partial charge in [0.15, 0.2) is 0 Å². The van der Waals surface area contributed by atoms with Crippen LogP contribution in [0.4, 0.5) is 11.4 Å². The van der Waals surface area contributed by atoms with Gasteiger partial charge < -0.3 is 15.5 Å². The molecular weight excluding hydrogens is 334 g/mol. The molecule has 0 spiro atoms. The fraction of sp³-hybridized carbons (Fsp3) is 0.174. The largest absolute Gasteiger partial charge is 0.355 e. The van der Waals surface area contributed by atoms with E-state index in [9.17, 15) is 4.79 Å². The number of benzene rings is 3. The SMILES string of the molecule is CN(C)Cc1ccc(CNC(=O)c2ccccc2Nc2ccccc2)cc1. The molecule has 0 atom stereocenters. The molecule has 3 aromatic carbocycles. The summed E-state index contributed by atoms with van der Waals surface area (Å²) in [7, 11) is 4.10. The number of hydrogen-bond acceptors (Lipinski definition) is 3. The van der Waals surface area contributed by atoms with Gasteiger partial charge in [0.05, 0.1) is 11.3 Å². The van der Waals surface area contributed by atoms with Crippen LogP contribution in [0.1, 0.15) is 21.5 Å². The molecule has 0 aliphatic rings. The monoisotopic (exact) mass is 359 g/mol. The molecule has 0 saturated carbocycles. The highest BCUT2D eigenvalue weighted by atomic mass is 16.1. The third-order valence-corrected chi connectivity index (χ3v) is 4.20. The molecule has 4 nitrogen and oxygen atoms in total. The number of amides is 1. The van der Waals surface area contributed by atoms with Crippen molar-refractivity contribution in [2.45, 2.75) is 13.1 Å². The minimum atomic E-state index is -0.0913. The van der Waals surface area contributed by atoms with Crippen LogP contribution >= 0.6 is 0 Å². The second kappa shape index (κ2) is 9.01. The zero-order valence-corrected chi connectivity index (χ0v) is 15.8. The molecule has 3 aromatic rings. The highest BCUT2D eigenvalue weighted by molar-refractivity contribution is 6.00. The molecule has 0 aliphatic heterocycles. The molecule has 2 N–H and O–H groups in total. The number of anilines is 2. The summed E-state index contributed by atoms with van der Waals surface area (Å²) >= 11 is 0. The van der Waals surface area contributed by atoms with Crippen LogP contribution in [-0.4, -0.2) is 24.9 Å². The van der Waals surface area contributed by atoms with E-state index in [1.807, 2.05) is 54.6 Å². The number of nitrogens with zero attached hydrogens (tertiary/aromatic N) is 1. The fourth-order valence-electron chi connectivity index (χ4n) is 2.87. The van der Waals surface area contributed by atoms with Crippen LogP contribution in [0, 0.1) is 0 Å². The summed E-state index contributed by atoms with van der Waals surface area (Å²) in [6.07, 6.45) is 0. The van der Waals surface area contributed by atoms with Crippen molar-refractivity contribution in [1.82, 2.24) is 10.2 Å². The second-order valence-electron chi connectivity index (χ2n) is 6.77. The number of para-hydroxylation sites is 2. The van der Waals surface area contributed by atoms with Crippen LogP contribution in [0.15, 0.2) is 78.9 Å². The summed E-state index contributed by atoms with van der Waals surface area (Å²) in [5.74, 6) is -0.0913. The Labute approximate surface area is 160 Å². The smallest absolute Gasteiger partial charge is 0.253 e. The lowest BCUT2D eigenvalue weighted by atomic mass is 10.1. The van der Waals surface area contributed by atoms with Gasteiger partial charge in [0.2, 0.25) is 0 Å². The lowest BCUT2D eigenvalue weighted by Crippen LogP contribution is -2.23. The minimum absolute atomic E-state index is 0.0913. The van der Waals surface area contributed by atoms with Gasteiger partial charge >= 0.3 is 0 Å². The van der Waals surface area contributed by atoms with Gasteiger partial charge in [-0.25, -0.2) is 0 Å². The molecule has 0 aliphatic carbocycles. The van der Waals surface area contributed by atoms with Gasteiger partial charge in [-0.1, -0.05) is 54.6 Å². The molecule has 3 rings (SSSR count). The van der Waals surface area contributed by atoms with E-state index in [-0.39, 0.29) is 5.91 Å². The Bertz CT molecular complexity index is 874. The van der Waals surface area contributed by atoms with Gasteiger partial charge in [-0.15, -0.1) is 0 Å². The first-order valence-corrected chi connectivity index (χ1v) is 9.03. The van der Waals surface area contributed by atoms with Crippen molar-refractivity contribution in [3.05, 3.63) is 95.6 Å². The minimum Gasteiger partial charge on any atom is -0.355 e. The molecule has 0 radical (unpaired) electrons. The molecule has 1 amide bonds. The molecule has 0 fully saturated rings. The third-order valence-electron chi connectivity index (χ3n) is 4.20. The number of rotatable bonds is 7. The average molecular weight is 359 g/mol. The van der Waals surface area contributed by atoms with Crippen molar-refractivity contribution in [3.8, 4) is 0 Å². The Kier molecular flexibility index (Phi) is 6.23. The quantitative estimate of drug-likeness (QED) is 0.656. The number of carbonyl (C=O) groups is 1. The summed E-state index contributed by atoms with van der Waals surface area (Å²) in [4.78, 5) is 14.8. The van der Waals surface area contributed by atoms with E-state index in [2.05, 4.69) is 53.9 Å². The van der Waals surface area contributed by atoms with Crippen molar-refractivity contribution in [2.24, 2.45) is 0 Å². The van der Waals surface area contributed by atoms with E-state index in [0.717, 1.165) is 23.5 Å². The van der Waals surface area contributed by atoms with Crippen molar-refractivity contribution in [3.63, 3.8) is 0 Å². The summed E-state index contributed by atoms with van der Waals surface area (Å²) in [5, 5.41) is 6.32. The summed E-state index contributed by atoms with van der Waals surface area (Å²) in [5.41, 5.74) is 4.72. The zero-order valence-electron chi connectivity index (χ0n) is 15.8. The van der Waals surface area contributed by atoms with Crippen molar-refractivity contribution in [1.29, 1.82) is 0 Å². The Morgan fingerprint density at radius 3 is 2.15 bits per heavy atom. The first-order valence-electron chi connectivity index (χ1n) is 9.03. The van der Waals surface area contributed by atoms with Crippen LogP contribution in [0.25, 0.3) is 0 Å². The van der Waals surface area contributed by atoms with Gasteiger partial charge in [-0.2, -0.15) is 0 Å². The molecule has 4 heteroatoms. The van der Waals surface area contributed by atoms with Crippen LogP contribution < -0.4 is 10.6 Å². The predicted octanol–water partition coefficient (Wildman–Crippen LogP) is 4.42. The van der Waals surface area contributed by atoms with Crippen LogP contribution in [0.3, 0.4) is 0 Å². The van der Waals surface area contributed by atoms with E-state index in [1.165, 1.54) is 5.56 Å². The Morgan fingerprint density at radius 1 is 0.815 bits per heavy atom. The first-order chi connectivity index (χ1) is 13.1. The Balaban J connectivity index is 1.64. The van der Waals surface area contributed by atoms with Crippen molar-refractivity contribution >= 4 is 17.3 Å². The topological polar surface area (TPSA) is 44.4 Å². The van der Waals surface area contributed by atoms with Crippen LogP contribution in [-0.2, 0) is 13.1 Å². The molecular formula is C23H25N3O. The number of nitrogens with one attached hydrogen (secondary N) is 2. The Hall–Kier alpha value is -3.11. The van der Waals surface area contributed by atoms with E-state index < -0.39 is 0 Å². The maximum atomic E-state index is 12.7. The van der Waals surface area contributed by atoms with E-state index >= 15 is 0 Å². The van der Waals surface area contributed by atoms with Crippen molar-refractivity contribution in [2.75, 3.05) is 19.4 Å². The fourth-order valence-corrected chi connectivity index (χ4v) is 2.87. The summed E-state index contributed by atoms with van der Waals surface area (Å²) < 4.78 is 0. The molecule has 0 bridgehead atoms. The zero-order chi connectivity index (χ0) is 19.1. The maximum Gasteiger partial charge on any atom is 0.253 e. The van der Waals surface area contributed by atoms with Crippen molar-refractivity contribution < 1.29 is 4.79 Å². The molecule has 0 aromatic heterocycles. The lowest BCUT2D eigenvalue weighted by Gasteiger charge is -2.13. The molecule has 0 unspecified atom stereocenters. The lowest BCUT2D eigenvalue weighted by molar-refractivity contribution is 0.0952. The summed E-state index contributed by atoms with van der Waals surface area (Å²) in [6.45, 7) is 1.41. The highest BCUT2D eigenvalue weighted by Gasteiger charge is 2.11. The molecule has 0 heterocycles. The normalized spacial score (nSPS) is 10.6. The average Bonchev–Trinajstić information content (AvgIpc) is 2.68. The van der Waals surface area contributed by atoms with E-state index in [4.69, 9.17) is 0 Å². The van der Waals surface area contributed by atoms with Gasteiger partial charge in [-0.3, -0.25) is 4.79 Å². The standard InChI is InChI=1S/C23H25N3O/c1-26(2)17-19-14-12-18(13-15-19)16-24-23(27)21-10-6-7-11-22(21)25-20-8-4-3-5-9-20/h3-15,25H,16-17H2,1-2H3,(H,24,27). The highest BCUT2D eigenvalue weighted by Crippen LogP contribution is 2.20. The summed E-state index contributed by atoms with van der Waals surface area (Å²) in [6, 6.07) is 25.7. The van der Waals surface area contributed by atoms with Gasteiger partial charge in [0, 0.05) is 18.8 Å². The number of carbonyl (C=O) groups excluding carboxylic acids is 1. The molecule has 138 valence electrons. The third kappa shape index (κ3) is 5.43. The van der Waals surface area contributed by atoms with E-state index in [0.29, 0.717) is 12.1 Å². The second-order valence-corrected chi connectivity index (χ2v) is 6.77. The first kappa shape index (κ1) is 18.7. The van der Waals surface area contributed by atoms with Crippen LogP contribution in [0.2, 0.25) is 0 Å². The van der Waals surface area contributed by atoms with Gasteiger partial charge in [0.1, 0.15) is 0 Å². The Morgan fingerprint density at radius 2 is 1.44 bits per heavy atom. The maximum absolute atomic E-state index is 12.7. The number of hydrogen-bond donors (Lipinski definition) is 2. The van der Waals surface area contributed by atoms with Crippen LogP contribution in [0.5, 0.6) is 0 Å². The van der Waals surface area contributed by atoms with E-state index in [1.54, 1.807) is 0 Å².